The zero-order chi connectivity index (χ0) is 18.8. The van der Waals surface area contributed by atoms with Gasteiger partial charge in [0.15, 0.2) is 0 Å². The number of aromatic amines is 1. The minimum absolute atomic E-state index is 0.0334. The smallest absolute Gasteiger partial charge is 0.261 e. The Hall–Kier alpha value is -2.89. The lowest BCUT2D eigenvalue weighted by Crippen LogP contribution is -2.49. The molecule has 26 heavy (non-hydrogen) atoms. The summed E-state index contributed by atoms with van der Waals surface area (Å²) in [6.45, 7) is 4.16. The van der Waals surface area contributed by atoms with Gasteiger partial charge in [-0.25, -0.2) is 0 Å². The van der Waals surface area contributed by atoms with Crippen molar-refractivity contribution in [1.82, 2.24) is 9.88 Å². The molecule has 136 valence electrons. The predicted octanol–water partition coefficient (Wildman–Crippen LogP) is 2.08. The molecule has 0 unspecified atom stereocenters. The van der Waals surface area contributed by atoms with Crippen molar-refractivity contribution >= 4 is 11.8 Å². The standard InChI is InChI=1S/C20H23N3O3/c1-12-4-3-5-14(10-12)17-9-8-16(19(25)22-17)20(26)23-11-15(18(21)24)7-6-13(23)2/h3-5,8-10,13,15H,6-7,11H2,1-2H3,(H2,21,24)(H,22,25)/t13-,15+/m0/s1. The topological polar surface area (TPSA) is 96.3 Å². The molecule has 0 saturated carbocycles. The van der Waals surface area contributed by atoms with Crippen molar-refractivity contribution < 1.29 is 9.59 Å². The van der Waals surface area contributed by atoms with E-state index in [0.717, 1.165) is 11.1 Å². The van der Waals surface area contributed by atoms with E-state index in [1.807, 2.05) is 38.1 Å². The Morgan fingerprint density at radius 2 is 1.96 bits per heavy atom. The molecule has 1 aromatic carbocycles. The van der Waals surface area contributed by atoms with E-state index in [9.17, 15) is 14.4 Å². The number of pyridine rings is 1. The molecule has 6 heteroatoms. The van der Waals surface area contributed by atoms with Gasteiger partial charge in [-0.05, 0) is 50.5 Å². The summed E-state index contributed by atoms with van der Waals surface area (Å²) in [4.78, 5) is 41.2. The van der Waals surface area contributed by atoms with Gasteiger partial charge in [0.05, 0.1) is 5.92 Å². The monoisotopic (exact) mass is 353 g/mol. The van der Waals surface area contributed by atoms with Crippen LogP contribution in [0.1, 0.15) is 35.7 Å². The Kier molecular flexibility index (Phi) is 4.93. The van der Waals surface area contributed by atoms with Gasteiger partial charge in [-0.2, -0.15) is 0 Å². The highest BCUT2D eigenvalue weighted by Gasteiger charge is 2.32. The Morgan fingerprint density at radius 3 is 2.62 bits per heavy atom. The van der Waals surface area contributed by atoms with Gasteiger partial charge in [0.1, 0.15) is 5.56 Å². The Balaban J connectivity index is 1.88. The van der Waals surface area contributed by atoms with Gasteiger partial charge in [0.2, 0.25) is 5.91 Å². The maximum absolute atomic E-state index is 12.9. The van der Waals surface area contributed by atoms with Crippen molar-refractivity contribution in [2.24, 2.45) is 11.7 Å². The maximum atomic E-state index is 12.9. The van der Waals surface area contributed by atoms with Crippen LogP contribution in [-0.2, 0) is 4.79 Å². The number of carbonyl (C=O) groups is 2. The van der Waals surface area contributed by atoms with E-state index >= 15 is 0 Å². The van der Waals surface area contributed by atoms with E-state index in [0.29, 0.717) is 18.5 Å². The molecule has 2 aromatic rings. The first-order valence-corrected chi connectivity index (χ1v) is 8.77. The van der Waals surface area contributed by atoms with Crippen LogP contribution < -0.4 is 11.3 Å². The number of nitrogens with zero attached hydrogens (tertiary/aromatic N) is 1. The SMILES string of the molecule is Cc1cccc(-c2ccc(C(=O)N3C[C@H](C(N)=O)CC[C@@H]3C)c(=O)[nH]2)c1. The summed E-state index contributed by atoms with van der Waals surface area (Å²) in [6, 6.07) is 11.0. The summed E-state index contributed by atoms with van der Waals surface area (Å²) < 4.78 is 0. The largest absolute Gasteiger partial charge is 0.369 e. The predicted molar refractivity (Wildman–Crippen MR) is 99.7 cm³/mol. The normalized spacial score (nSPS) is 20.0. The molecular formula is C20H23N3O3. The molecule has 2 amide bonds. The summed E-state index contributed by atoms with van der Waals surface area (Å²) >= 11 is 0. The fourth-order valence-corrected chi connectivity index (χ4v) is 3.40. The zero-order valence-corrected chi connectivity index (χ0v) is 15.0. The van der Waals surface area contributed by atoms with Crippen LogP contribution in [0.3, 0.4) is 0 Å². The van der Waals surface area contributed by atoms with Crippen LogP contribution in [0.5, 0.6) is 0 Å². The number of aromatic nitrogens is 1. The number of carbonyl (C=O) groups excluding carboxylic acids is 2. The molecule has 0 bridgehead atoms. The summed E-state index contributed by atoms with van der Waals surface area (Å²) in [5, 5.41) is 0. The number of rotatable bonds is 3. The first-order chi connectivity index (χ1) is 12.4. The minimum atomic E-state index is -0.428. The molecule has 1 saturated heterocycles. The third kappa shape index (κ3) is 3.54. The van der Waals surface area contributed by atoms with Crippen LogP contribution in [0, 0.1) is 12.8 Å². The molecule has 1 aliphatic rings. The summed E-state index contributed by atoms with van der Waals surface area (Å²) in [6.07, 6.45) is 1.36. The van der Waals surface area contributed by atoms with E-state index in [1.165, 1.54) is 0 Å². The van der Waals surface area contributed by atoms with E-state index in [4.69, 9.17) is 5.73 Å². The number of H-pyrrole nitrogens is 1. The molecule has 2 heterocycles. The third-order valence-corrected chi connectivity index (χ3v) is 5.01. The van der Waals surface area contributed by atoms with Crippen molar-refractivity contribution in [2.75, 3.05) is 6.54 Å². The van der Waals surface area contributed by atoms with Crippen molar-refractivity contribution in [1.29, 1.82) is 0 Å². The zero-order valence-electron chi connectivity index (χ0n) is 15.0. The fraction of sp³-hybridized carbons (Fsp3) is 0.350. The molecule has 1 aliphatic heterocycles. The van der Waals surface area contributed by atoms with Crippen LogP contribution >= 0.6 is 0 Å². The van der Waals surface area contributed by atoms with Crippen LogP contribution in [0.4, 0.5) is 0 Å². The Morgan fingerprint density at radius 1 is 1.19 bits per heavy atom. The van der Waals surface area contributed by atoms with E-state index in [1.54, 1.807) is 17.0 Å². The molecule has 1 fully saturated rings. The number of benzene rings is 1. The van der Waals surface area contributed by atoms with Crippen LogP contribution in [0.15, 0.2) is 41.2 Å². The summed E-state index contributed by atoms with van der Waals surface area (Å²) in [5.74, 6) is -1.13. The first kappa shape index (κ1) is 17.9. The quantitative estimate of drug-likeness (QED) is 0.884. The first-order valence-electron chi connectivity index (χ1n) is 8.77. The molecule has 2 atom stereocenters. The number of amides is 2. The fourth-order valence-electron chi connectivity index (χ4n) is 3.40. The number of piperidine rings is 1. The van der Waals surface area contributed by atoms with Crippen molar-refractivity contribution in [3.8, 4) is 11.3 Å². The van der Waals surface area contributed by atoms with E-state index < -0.39 is 11.5 Å². The van der Waals surface area contributed by atoms with Gasteiger partial charge >= 0.3 is 0 Å². The number of nitrogens with one attached hydrogen (secondary N) is 1. The molecule has 3 rings (SSSR count). The van der Waals surface area contributed by atoms with Gasteiger partial charge in [-0.3, -0.25) is 14.4 Å². The van der Waals surface area contributed by atoms with Crippen molar-refractivity contribution in [3.63, 3.8) is 0 Å². The molecular weight excluding hydrogens is 330 g/mol. The second-order valence-corrected chi connectivity index (χ2v) is 6.97. The molecule has 6 nitrogen and oxygen atoms in total. The van der Waals surface area contributed by atoms with Crippen LogP contribution in [0.25, 0.3) is 11.3 Å². The second-order valence-electron chi connectivity index (χ2n) is 6.97. The Bertz CT molecular complexity index is 903. The minimum Gasteiger partial charge on any atom is -0.369 e. The van der Waals surface area contributed by atoms with Gasteiger partial charge in [-0.15, -0.1) is 0 Å². The van der Waals surface area contributed by atoms with Crippen LogP contribution in [0.2, 0.25) is 0 Å². The Labute approximate surface area is 152 Å². The molecule has 0 aliphatic carbocycles. The highest BCUT2D eigenvalue weighted by Crippen LogP contribution is 2.23. The number of primary amides is 1. The van der Waals surface area contributed by atoms with Gasteiger partial charge in [0, 0.05) is 18.3 Å². The number of likely N-dealkylation sites (tertiary alicyclic amines) is 1. The molecule has 0 spiro atoms. The second kappa shape index (κ2) is 7.15. The van der Waals surface area contributed by atoms with Gasteiger partial charge in [0.25, 0.3) is 11.5 Å². The average Bonchev–Trinajstić information content (AvgIpc) is 2.61. The van der Waals surface area contributed by atoms with Gasteiger partial charge < -0.3 is 15.6 Å². The summed E-state index contributed by atoms with van der Waals surface area (Å²) in [7, 11) is 0. The highest BCUT2D eigenvalue weighted by molar-refractivity contribution is 5.94. The van der Waals surface area contributed by atoms with E-state index in [2.05, 4.69) is 4.98 Å². The third-order valence-electron chi connectivity index (χ3n) is 5.01. The average molecular weight is 353 g/mol. The molecule has 1 aromatic heterocycles. The number of hydrogen-bond donors (Lipinski definition) is 2. The van der Waals surface area contributed by atoms with Crippen molar-refractivity contribution in [2.45, 2.75) is 32.7 Å². The van der Waals surface area contributed by atoms with Crippen molar-refractivity contribution in [3.05, 3.63) is 57.9 Å². The highest BCUT2D eigenvalue weighted by atomic mass is 16.2. The lowest BCUT2D eigenvalue weighted by molar-refractivity contribution is -0.123. The number of aryl methyl sites for hydroxylation is 1. The van der Waals surface area contributed by atoms with E-state index in [-0.39, 0.29) is 30.0 Å². The summed E-state index contributed by atoms with van der Waals surface area (Å²) in [5.41, 5.74) is 7.69. The lowest BCUT2D eigenvalue weighted by Gasteiger charge is -2.36. The van der Waals surface area contributed by atoms with Gasteiger partial charge in [-0.1, -0.05) is 23.8 Å². The molecule has 3 N–H and O–H groups in total. The lowest BCUT2D eigenvalue weighted by atomic mass is 9.92. The van der Waals surface area contributed by atoms with Crippen LogP contribution in [-0.4, -0.2) is 34.3 Å². The maximum Gasteiger partial charge on any atom is 0.261 e. The number of nitrogens with two attached hydrogens (primary N) is 1. The molecule has 0 radical (unpaired) electrons. The number of hydrogen-bond acceptors (Lipinski definition) is 3.